The molecule has 120 valence electrons. The summed E-state index contributed by atoms with van der Waals surface area (Å²) in [5.74, 6) is -0.116. The number of aryl methyl sites for hydroxylation is 2. The van der Waals surface area contributed by atoms with Crippen LogP contribution < -0.4 is 9.79 Å². The first kappa shape index (κ1) is 17.0. The number of pyridine rings is 1. The lowest BCUT2D eigenvalue weighted by Gasteiger charge is -2.12. The summed E-state index contributed by atoms with van der Waals surface area (Å²) in [6.45, 7) is 8.25. The fraction of sp³-hybridized carbons (Fsp3) is 0.400. The van der Waals surface area contributed by atoms with Gasteiger partial charge in [0.25, 0.3) is 6.20 Å². The molecule has 0 bridgehead atoms. The van der Waals surface area contributed by atoms with E-state index in [1.165, 1.54) is 11.8 Å². The third-order valence-corrected chi connectivity index (χ3v) is 4.43. The molecule has 0 fully saturated rings. The summed E-state index contributed by atoms with van der Waals surface area (Å²) in [6.07, 6.45) is 1.56. The van der Waals surface area contributed by atoms with Crippen LogP contribution >= 0.6 is 11.8 Å². The summed E-state index contributed by atoms with van der Waals surface area (Å²) in [5, 5.41) is 25.5. The second-order valence-corrected chi connectivity index (χ2v) is 5.89. The maximum absolute atomic E-state index is 11.9. The van der Waals surface area contributed by atoms with Crippen molar-refractivity contribution in [1.29, 1.82) is 5.26 Å². The lowest BCUT2D eigenvalue weighted by atomic mass is 10.1. The maximum atomic E-state index is 11.9. The molecule has 2 aromatic heterocycles. The largest absolute Gasteiger partial charge is 0.861 e. The Bertz CT molecular complexity index is 792. The average molecular weight is 331 g/mol. The van der Waals surface area contributed by atoms with E-state index in [-0.39, 0.29) is 17.5 Å². The van der Waals surface area contributed by atoms with Crippen LogP contribution in [-0.2, 0) is 6.54 Å². The van der Waals surface area contributed by atoms with Gasteiger partial charge >= 0.3 is 5.88 Å². The summed E-state index contributed by atoms with van der Waals surface area (Å²) in [4.78, 5) is 8.25. The van der Waals surface area contributed by atoms with Crippen LogP contribution in [0.25, 0.3) is 0 Å². The number of nitriles is 1. The summed E-state index contributed by atoms with van der Waals surface area (Å²) < 4.78 is 6.47. The number of aromatic nitrogens is 3. The summed E-state index contributed by atoms with van der Waals surface area (Å²) in [5.41, 5.74) is 3.25. The Hall–Kier alpha value is -2.40. The molecule has 0 saturated carbocycles. The van der Waals surface area contributed by atoms with E-state index in [0.29, 0.717) is 17.1 Å². The Morgan fingerprint density at radius 2 is 2.17 bits per heavy atom. The number of hydrogen-bond acceptors (Lipinski definition) is 7. The van der Waals surface area contributed by atoms with Gasteiger partial charge in [0.1, 0.15) is 11.1 Å². The number of hydrogen-bond donors (Lipinski definition) is 0. The van der Waals surface area contributed by atoms with E-state index in [9.17, 15) is 10.4 Å². The van der Waals surface area contributed by atoms with E-state index in [4.69, 9.17) is 4.52 Å². The molecule has 0 saturated heterocycles. The van der Waals surface area contributed by atoms with E-state index in [1.54, 1.807) is 10.9 Å². The highest BCUT2D eigenvalue weighted by Crippen LogP contribution is 2.26. The van der Waals surface area contributed by atoms with E-state index in [2.05, 4.69) is 21.3 Å². The van der Waals surface area contributed by atoms with Crippen LogP contribution in [0.4, 0.5) is 5.88 Å². The van der Waals surface area contributed by atoms with E-state index < -0.39 is 0 Å². The van der Waals surface area contributed by atoms with Crippen molar-refractivity contribution >= 4 is 23.5 Å². The number of aliphatic imine (C=N–C) groups is 1. The number of rotatable bonds is 5. The average Bonchev–Trinajstić information content (AvgIpc) is 2.98. The van der Waals surface area contributed by atoms with E-state index in [0.717, 1.165) is 16.8 Å². The van der Waals surface area contributed by atoms with Crippen LogP contribution in [0.5, 0.6) is 0 Å². The normalized spacial score (nSPS) is 11.5. The lowest BCUT2D eigenvalue weighted by Crippen LogP contribution is -2.32. The lowest BCUT2D eigenvalue weighted by molar-refractivity contribution is -0.759. The minimum absolute atomic E-state index is 0.0798. The second kappa shape index (κ2) is 7.24. The van der Waals surface area contributed by atoms with Gasteiger partial charge in [-0.2, -0.15) is 5.26 Å². The number of nitrogens with zero attached hydrogens (tertiary/aromatic N) is 5. The molecule has 8 heteroatoms. The first-order valence-electron chi connectivity index (χ1n) is 7.08. The smallest absolute Gasteiger partial charge is 0.320 e. The molecule has 0 unspecified atom stereocenters. The molecule has 0 aliphatic rings. The maximum Gasteiger partial charge on any atom is 0.320 e. The Morgan fingerprint density at radius 3 is 2.78 bits per heavy atom. The van der Waals surface area contributed by atoms with Crippen molar-refractivity contribution in [2.75, 3.05) is 5.75 Å². The quantitative estimate of drug-likeness (QED) is 0.355. The summed E-state index contributed by atoms with van der Waals surface area (Å²) in [7, 11) is 0. The molecule has 0 aliphatic carbocycles. The Balaban J connectivity index is 2.16. The van der Waals surface area contributed by atoms with Gasteiger partial charge in [-0.05, 0) is 44.7 Å². The fourth-order valence-electron chi connectivity index (χ4n) is 1.90. The molecular weight excluding hydrogens is 314 g/mol. The van der Waals surface area contributed by atoms with Crippen LogP contribution in [0.15, 0.2) is 20.7 Å². The minimum atomic E-state index is -0.365. The second-order valence-electron chi connectivity index (χ2n) is 4.93. The summed E-state index contributed by atoms with van der Waals surface area (Å²) >= 11 is 1.20. The highest BCUT2D eigenvalue weighted by atomic mass is 32.2. The molecule has 0 radical (unpaired) electrons. The molecular formula is C15H17N5O2S. The molecule has 0 amide bonds. The van der Waals surface area contributed by atoms with Crippen LogP contribution in [0.3, 0.4) is 0 Å². The van der Waals surface area contributed by atoms with Gasteiger partial charge < -0.3 is 5.11 Å². The molecule has 0 aliphatic heterocycles. The van der Waals surface area contributed by atoms with Crippen molar-refractivity contribution in [3.05, 3.63) is 28.6 Å². The van der Waals surface area contributed by atoms with Gasteiger partial charge in [-0.25, -0.2) is 9.98 Å². The molecule has 0 atom stereocenters. The first-order valence-corrected chi connectivity index (χ1v) is 8.06. The summed E-state index contributed by atoms with van der Waals surface area (Å²) in [6, 6.07) is 2.16. The standard InChI is InChI=1S/C15H17N5O2S/c1-5-20-7-14(22-19-20)18-13(21)8-23-15-12(6-16)10(3)9(2)11(4)17-15/h7H,5,8H2,1-4H3. The van der Waals surface area contributed by atoms with Crippen LogP contribution in [0, 0.1) is 32.1 Å². The van der Waals surface area contributed by atoms with Crippen molar-refractivity contribution in [3.8, 4) is 6.07 Å². The molecule has 2 rings (SSSR count). The third kappa shape index (κ3) is 3.87. The van der Waals surface area contributed by atoms with Crippen molar-refractivity contribution in [1.82, 2.24) is 10.3 Å². The molecule has 2 heterocycles. The molecule has 0 N–H and O–H groups in total. The zero-order valence-electron chi connectivity index (χ0n) is 13.5. The first-order chi connectivity index (χ1) is 11.0. The van der Waals surface area contributed by atoms with Crippen molar-refractivity contribution in [2.24, 2.45) is 4.99 Å². The molecule has 23 heavy (non-hydrogen) atoms. The van der Waals surface area contributed by atoms with E-state index in [1.807, 2.05) is 27.7 Å². The van der Waals surface area contributed by atoms with Crippen LogP contribution in [-0.4, -0.2) is 21.9 Å². The van der Waals surface area contributed by atoms with E-state index >= 15 is 0 Å². The predicted octanol–water partition coefficient (Wildman–Crippen LogP) is 1.36. The SMILES string of the molecule is CC[n+]1cc(/N=C(/[O-])CSc2nc(C)c(C)c(C)c2C#N)on1. The third-order valence-electron chi connectivity index (χ3n) is 3.47. The van der Waals surface area contributed by atoms with Gasteiger partial charge in [-0.15, -0.1) is 0 Å². The predicted molar refractivity (Wildman–Crippen MR) is 83.4 cm³/mol. The zero-order chi connectivity index (χ0) is 17.0. The topological polar surface area (TPSA) is 102 Å². The van der Waals surface area contributed by atoms with Crippen LogP contribution in [0.1, 0.15) is 29.3 Å². The monoisotopic (exact) mass is 331 g/mol. The minimum Gasteiger partial charge on any atom is -0.861 e. The molecule has 0 spiro atoms. The van der Waals surface area contributed by atoms with Crippen LogP contribution in [0.2, 0.25) is 0 Å². The van der Waals surface area contributed by atoms with Crippen molar-refractivity contribution in [2.45, 2.75) is 39.3 Å². The van der Waals surface area contributed by atoms with Crippen molar-refractivity contribution < 1.29 is 14.3 Å². The van der Waals surface area contributed by atoms with Crippen molar-refractivity contribution in [3.63, 3.8) is 0 Å². The highest BCUT2D eigenvalue weighted by Gasteiger charge is 2.13. The Labute approximate surface area is 138 Å². The Morgan fingerprint density at radius 1 is 1.43 bits per heavy atom. The molecule has 2 aromatic rings. The van der Waals surface area contributed by atoms with Gasteiger partial charge in [0.15, 0.2) is 6.54 Å². The van der Waals surface area contributed by atoms with Gasteiger partial charge in [-0.3, -0.25) is 4.52 Å². The highest BCUT2D eigenvalue weighted by molar-refractivity contribution is 7.99. The van der Waals surface area contributed by atoms with Gasteiger partial charge in [0.05, 0.1) is 5.56 Å². The number of thioether (sulfide) groups is 1. The molecule has 7 nitrogen and oxygen atoms in total. The zero-order valence-corrected chi connectivity index (χ0v) is 14.3. The Kier molecular flexibility index (Phi) is 5.34. The van der Waals surface area contributed by atoms with Gasteiger partial charge in [0, 0.05) is 11.4 Å². The van der Waals surface area contributed by atoms with Gasteiger partial charge in [0.2, 0.25) is 5.27 Å². The fourth-order valence-corrected chi connectivity index (χ4v) is 2.77. The van der Waals surface area contributed by atoms with Gasteiger partial charge in [-0.1, -0.05) is 16.4 Å². The molecule has 0 aromatic carbocycles.